The number of aromatic nitrogens is 1. The number of aliphatic hydroxyl groups excluding tert-OH is 1. The largest absolute Gasteiger partial charge is 0.387 e. The van der Waals surface area contributed by atoms with Gasteiger partial charge in [0.05, 0.1) is 6.10 Å². The van der Waals surface area contributed by atoms with Crippen LogP contribution >= 0.6 is 0 Å². The summed E-state index contributed by atoms with van der Waals surface area (Å²) in [6, 6.07) is 7.89. The Morgan fingerprint density at radius 3 is 2.93 bits per heavy atom. The Balaban J connectivity index is 2.65. The minimum atomic E-state index is -0.568. The third kappa shape index (κ3) is 1.31. The molecule has 0 aliphatic carbocycles. The maximum atomic E-state index is 9.70. The topological polar surface area (TPSA) is 51.2 Å². The maximum Gasteiger partial charge on any atom is 0.0918 e. The summed E-state index contributed by atoms with van der Waals surface area (Å²) in [4.78, 5) is 0. The maximum absolute atomic E-state index is 9.70. The molecule has 0 spiro atoms. The van der Waals surface area contributed by atoms with E-state index in [-0.39, 0.29) is 6.54 Å². The fraction of sp³-hybridized carbons (Fsp3) is 0.273. The summed E-state index contributed by atoms with van der Waals surface area (Å²) in [7, 11) is 1.99. The highest BCUT2D eigenvalue weighted by Crippen LogP contribution is 2.24. The SMILES string of the molecule is Cn1ccc2c([C@H](O)CN)cccc21. The molecule has 3 N–H and O–H groups in total. The van der Waals surface area contributed by atoms with Gasteiger partial charge in [-0.1, -0.05) is 12.1 Å². The van der Waals surface area contributed by atoms with Gasteiger partial charge in [-0.25, -0.2) is 0 Å². The molecule has 1 aromatic carbocycles. The first-order chi connectivity index (χ1) is 6.74. The number of nitrogens with two attached hydrogens (primary N) is 1. The summed E-state index contributed by atoms with van der Waals surface area (Å²) in [5, 5.41) is 10.8. The van der Waals surface area contributed by atoms with Gasteiger partial charge < -0.3 is 15.4 Å². The van der Waals surface area contributed by atoms with E-state index in [1.807, 2.05) is 42.1 Å². The Morgan fingerprint density at radius 2 is 2.21 bits per heavy atom. The van der Waals surface area contributed by atoms with Crippen molar-refractivity contribution in [2.75, 3.05) is 6.54 Å². The highest BCUT2D eigenvalue weighted by Gasteiger charge is 2.10. The molecule has 2 rings (SSSR count). The molecule has 1 aromatic heterocycles. The van der Waals surface area contributed by atoms with Crippen LogP contribution < -0.4 is 5.73 Å². The Morgan fingerprint density at radius 1 is 1.43 bits per heavy atom. The first-order valence-electron chi connectivity index (χ1n) is 4.66. The van der Waals surface area contributed by atoms with Crippen LogP contribution in [0.4, 0.5) is 0 Å². The third-order valence-corrected chi connectivity index (χ3v) is 2.54. The number of benzene rings is 1. The molecule has 0 fully saturated rings. The Bertz CT molecular complexity index is 447. The molecule has 0 saturated carbocycles. The van der Waals surface area contributed by atoms with Crippen LogP contribution in [0.3, 0.4) is 0 Å². The number of hydrogen-bond donors (Lipinski definition) is 2. The van der Waals surface area contributed by atoms with Crippen LogP contribution in [0, 0.1) is 0 Å². The lowest BCUT2D eigenvalue weighted by molar-refractivity contribution is 0.188. The van der Waals surface area contributed by atoms with Gasteiger partial charge in [0.25, 0.3) is 0 Å². The molecule has 0 saturated heterocycles. The summed E-state index contributed by atoms with van der Waals surface area (Å²) in [5.41, 5.74) is 7.47. The van der Waals surface area contributed by atoms with Gasteiger partial charge in [-0.15, -0.1) is 0 Å². The highest BCUT2D eigenvalue weighted by atomic mass is 16.3. The quantitative estimate of drug-likeness (QED) is 0.747. The minimum Gasteiger partial charge on any atom is -0.387 e. The van der Waals surface area contributed by atoms with E-state index in [1.165, 1.54) is 0 Å². The lowest BCUT2D eigenvalue weighted by Gasteiger charge is -2.09. The second-order valence-electron chi connectivity index (χ2n) is 3.46. The van der Waals surface area contributed by atoms with Gasteiger partial charge in [0.1, 0.15) is 0 Å². The van der Waals surface area contributed by atoms with Crippen LogP contribution in [0.1, 0.15) is 11.7 Å². The van der Waals surface area contributed by atoms with Crippen LogP contribution in [0.2, 0.25) is 0 Å². The predicted molar refractivity (Wildman–Crippen MR) is 56.9 cm³/mol. The Labute approximate surface area is 82.8 Å². The lowest BCUT2D eigenvalue weighted by atomic mass is 10.1. The Kier molecular flexibility index (Phi) is 2.27. The van der Waals surface area contributed by atoms with Gasteiger partial charge in [-0.3, -0.25) is 0 Å². The van der Waals surface area contributed by atoms with E-state index in [0.29, 0.717) is 0 Å². The number of rotatable bonds is 2. The molecular weight excluding hydrogens is 176 g/mol. The molecule has 1 atom stereocenters. The number of fused-ring (bicyclic) bond motifs is 1. The fourth-order valence-corrected chi connectivity index (χ4v) is 1.74. The van der Waals surface area contributed by atoms with Crippen molar-refractivity contribution in [3.63, 3.8) is 0 Å². The number of aliphatic hydroxyl groups is 1. The lowest BCUT2D eigenvalue weighted by Crippen LogP contribution is -2.11. The highest BCUT2D eigenvalue weighted by molar-refractivity contribution is 5.84. The van der Waals surface area contributed by atoms with Crippen LogP contribution in [-0.4, -0.2) is 16.2 Å². The average molecular weight is 190 g/mol. The smallest absolute Gasteiger partial charge is 0.0918 e. The van der Waals surface area contributed by atoms with Crippen LogP contribution in [0.5, 0.6) is 0 Å². The molecule has 0 unspecified atom stereocenters. The predicted octanol–water partition coefficient (Wildman–Crippen LogP) is 1.17. The van der Waals surface area contributed by atoms with Crippen LogP contribution in [0.15, 0.2) is 30.5 Å². The first kappa shape index (κ1) is 9.24. The van der Waals surface area contributed by atoms with Gasteiger partial charge >= 0.3 is 0 Å². The molecule has 0 radical (unpaired) electrons. The van der Waals surface area contributed by atoms with E-state index in [4.69, 9.17) is 5.73 Å². The van der Waals surface area contributed by atoms with E-state index in [2.05, 4.69) is 0 Å². The summed E-state index contributed by atoms with van der Waals surface area (Å²) in [6.07, 6.45) is 1.42. The molecule has 14 heavy (non-hydrogen) atoms. The average Bonchev–Trinajstić information content (AvgIpc) is 2.59. The molecule has 1 heterocycles. The molecule has 3 nitrogen and oxygen atoms in total. The summed E-state index contributed by atoms with van der Waals surface area (Å²) in [5.74, 6) is 0. The third-order valence-electron chi connectivity index (χ3n) is 2.54. The van der Waals surface area contributed by atoms with Crippen molar-refractivity contribution in [3.8, 4) is 0 Å². The van der Waals surface area contributed by atoms with E-state index >= 15 is 0 Å². The van der Waals surface area contributed by atoms with Crippen molar-refractivity contribution in [1.29, 1.82) is 0 Å². The number of hydrogen-bond acceptors (Lipinski definition) is 2. The van der Waals surface area contributed by atoms with Gasteiger partial charge in [0.15, 0.2) is 0 Å². The van der Waals surface area contributed by atoms with Gasteiger partial charge in [0.2, 0.25) is 0 Å². The van der Waals surface area contributed by atoms with Gasteiger partial charge in [-0.2, -0.15) is 0 Å². The summed E-state index contributed by atoms with van der Waals surface area (Å²) in [6.45, 7) is 0.258. The molecular formula is C11H14N2O. The van der Waals surface area contributed by atoms with E-state index in [9.17, 15) is 5.11 Å². The number of aryl methyl sites for hydroxylation is 1. The summed E-state index contributed by atoms with van der Waals surface area (Å²) < 4.78 is 2.03. The second kappa shape index (κ2) is 3.44. The first-order valence-corrected chi connectivity index (χ1v) is 4.66. The molecule has 3 heteroatoms. The summed E-state index contributed by atoms with van der Waals surface area (Å²) >= 11 is 0. The molecule has 0 aliphatic rings. The van der Waals surface area contributed by atoms with Crippen LogP contribution in [-0.2, 0) is 7.05 Å². The molecule has 0 bridgehead atoms. The van der Waals surface area contributed by atoms with Crippen molar-refractivity contribution in [1.82, 2.24) is 4.57 Å². The van der Waals surface area contributed by atoms with Crippen molar-refractivity contribution in [2.45, 2.75) is 6.10 Å². The molecule has 0 amide bonds. The normalized spacial score (nSPS) is 13.4. The Hall–Kier alpha value is -1.32. The van der Waals surface area contributed by atoms with Gasteiger partial charge in [-0.05, 0) is 17.7 Å². The standard InChI is InChI=1S/C11H14N2O/c1-13-6-5-8-9(11(14)7-12)3-2-4-10(8)13/h2-6,11,14H,7,12H2,1H3/t11-/m1/s1. The van der Waals surface area contributed by atoms with Crippen molar-refractivity contribution in [2.24, 2.45) is 12.8 Å². The molecule has 74 valence electrons. The monoisotopic (exact) mass is 190 g/mol. The van der Waals surface area contributed by atoms with E-state index in [0.717, 1.165) is 16.5 Å². The number of nitrogens with zero attached hydrogens (tertiary/aromatic N) is 1. The van der Waals surface area contributed by atoms with Crippen LogP contribution in [0.25, 0.3) is 10.9 Å². The minimum absolute atomic E-state index is 0.258. The fourth-order valence-electron chi connectivity index (χ4n) is 1.74. The molecule has 0 aliphatic heterocycles. The zero-order chi connectivity index (χ0) is 10.1. The molecule has 2 aromatic rings. The van der Waals surface area contributed by atoms with E-state index < -0.39 is 6.10 Å². The zero-order valence-electron chi connectivity index (χ0n) is 8.14. The van der Waals surface area contributed by atoms with E-state index in [1.54, 1.807) is 0 Å². The van der Waals surface area contributed by atoms with Crippen molar-refractivity contribution < 1.29 is 5.11 Å². The zero-order valence-corrected chi connectivity index (χ0v) is 8.14. The van der Waals surface area contributed by atoms with Crippen molar-refractivity contribution in [3.05, 3.63) is 36.0 Å². The van der Waals surface area contributed by atoms with Crippen molar-refractivity contribution >= 4 is 10.9 Å². The second-order valence-corrected chi connectivity index (χ2v) is 3.46. The van der Waals surface area contributed by atoms with Gasteiger partial charge in [0, 0.05) is 30.7 Å².